The molecule has 28 heavy (non-hydrogen) atoms. The molecule has 4 rings (SSSR count). The Kier molecular flexibility index (Phi) is 5.30. The number of piperidine rings is 1. The summed E-state index contributed by atoms with van der Waals surface area (Å²) in [6.45, 7) is 3.14. The van der Waals surface area contributed by atoms with E-state index in [4.69, 9.17) is 9.47 Å². The maximum atomic E-state index is 11.6. The Bertz CT molecular complexity index is 826. The number of rotatable bonds is 5. The van der Waals surface area contributed by atoms with E-state index >= 15 is 0 Å². The van der Waals surface area contributed by atoms with Crippen LogP contribution in [0.2, 0.25) is 0 Å². The van der Waals surface area contributed by atoms with Crippen molar-refractivity contribution in [2.45, 2.75) is 56.7 Å². The zero-order chi connectivity index (χ0) is 19.7. The third kappa shape index (κ3) is 3.27. The molecule has 0 amide bonds. The fourth-order valence-corrected chi connectivity index (χ4v) is 5.24. The van der Waals surface area contributed by atoms with Crippen molar-refractivity contribution in [2.75, 3.05) is 20.8 Å². The lowest BCUT2D eigenvalue weighted by Crippen LogP contribution is -2.60. The van der Waals surface area contributed by atoms with Gasteiger partial charge in [0.25, 0.3) is 0 Å². The average Bonchev–Trinajstić information content (AvgIpc) is 2.72. The van der Waals surface area contributed by atoms with Crippen molar-refractivity contribution in [1.82, 2.24) is 9.88 Å². The summed E-state index contributed by atoms with van der Waals surface area (Å²) >= 11 is 0. The normalized spacial score (nSPS) is 27.0. The van der Waals surface area contributed by atoms with Crippen molar-refractivity contribution in [1.29, 1.82) is 0 Å². The second-order valence-electron chi connectivity index (χ2n) is 7.97. The molecule has 1 aromatic heterocycles. The molecule has 150 valence electrons. The average molecular weight is 383 g/mol. The molecule has 0 aliphatic carbocycles. The van der Waals surface area contributed by atoms with Crippen LogP contribution in [-0.4, -0.2) is 47.4 Å². The lowest BCUT2D eigenvalue weighted by molar-refractivity contribution is -0.107. The van der Waals surface area contributed by atoms with Crippen molar-refractivity contribution in [3.63, 3.8) is 0 Å². The molecule has 2 aliphatic rings. The third-order valence-corrected chi connectivity index (χ3v) is 6.52. The van der Waals surface area contributed by atoms with E-state index in [-0.39, 0.29) is 6.04 Å². The van der Waals surface area contributed by atoms with Crippen LogP contribution < -0.4 is 9.47 Å². The molecule has 1 saturated heterocycles. The van der Waals surface area contributed by atoms with Crippen LogP contribution in [0, 0.1) is 0 Å². The summed E-state index contributed by atoms with van der Waals surface area (Å²) in [5, 5.41) is 11.6. The Morgan fingerprint density at radius 2 is 2.00 bits per heavy atom. The molecule has 0 saturated carbocycles. The largest absolute Gasteiger partial charge is 0.493 e. The summed E-state index contributed by atoms with van der Waals surface area (Å²) in [4.78, 5) is 6.97. The Morgan fingerprint density at radius 1 is 1.21 bits per heavy atom. The number of pyridine rings is 1. The lowest BCUT2D eigenvalue weighted by Gasteiger charge is -2.53. The fourth-order valence-electron chi connectivity index (χ4n) is 5.24. The minimum Gasteiger partial charge on any atom is -0.493 e. The summed E-state index contributed by atoms with van der Waals surface area (Å²) in [7, 11) is 3.37. The first-order valence-corrected chi connectivity index (χ1v) is 10.2. The maximum absolute atomic E-state index is 11.6. The van der Waals surface area contributed by atoms with Gasteiger partial charge in [-0.15, -0.1) is 0 Å². The van der Waals surface area contributed by atoms with Gasteiger partial charge >= 0.3 is 0 Å². The lowest BCUT2D eigenvalue weighted by atomic mass is 9.73. The standard InChI is InChI=1S/C23H30N2O3/c1-4-22-23(26,15-17-7-5-6-11-24-17)10-8-19-18-14-21(28-3)20(27-2)13-16(18)9-12-25(19)22/h5-7,11,13-14,19,22,26H,4,8-10,12,15H2,1-3H3. The van der Waals surface area contributed by atoms with E-state index < -0.39 is 5.60 Å². The van der Waals surface area contributed by atoms with Gasteiger partial charge in [-0.1, -0.05) is 13.0 Å². The van der Waals surface area contributed by atoms with Crippen molar-refractivity contribution < 1.29 is 14.6 Å². The summed E-state index contributed by atoms with van der Waals surface area (Å²) in [5.74, 6) is 1.58. The van der Waals surface area contributed by atoms with Gasteiger partial charge in [0.1, 0.15) is 0 Å². The molecule has 2 aliphatic heterocycles. The first-order valence-electron chi connectivity index (χ1n) is 10.2. The summed E-state index contributed by atoms with van der Waals surface area (Å²) in [6.07, 6.45) is 6.00. The van der Waals surface area contributed by atoms with Gasteiger partial charge in [0.15, 0.2) is 11.5 Å². The number of fused-ring (bicyclic) bond motifs is 3. The highest BCUT2D eigenvalue weighted by Gasteiger charge is 2.48. The van der Waals surface area contributed by atoms with Crippen molar-refractivity contribution in [3.8, 4) is 11.5 Å². The quantitative estimate of drug-likeness (QED) is 0.857. The van der Waals surface area contributed by atoms with Crippen LogP contribution in [-0.2, 0) is 12.8 Å². The number of hydrogen-bond donors (Lipinski definition) is 1. The number of aliphatic hydroxyl groups is 1. The maximum Gasteiger partial charge on any atom is 0.161 e. The van der Waals surface area contributed by atoms with E-state index in [1.807, 2.05) is 24.4 Å². The third-order valence-electron chi connectivity index (χ3n) is 6.52. The molecule has 3 heterocycles. The first-order chi connectivity index (χ1) is 13.6. The smallest absolute Gasteiger partial charge is 0.161 e. The predicted octanol–water partition coefficient (Wildman–Crippen LogP) is 3.54. The van der Waals surface area contributed by atoms with Gasteiger partial charge in [-0.25, -0.2) is 0 Å². The number of ether oxygens (including phenoxy) is 2. The van der Waals surface area contributed by atoms with Gasteiger partial charge < -0.3 is 14.6 Å². The van der Waals surface area contributed by atoms with Gasteiger partial charge in [0.05, 0.1) is 19.8 Å². The molecule has 3 unspecified atom stereocenters. The molecule has 5 nitrogen and oxygen atoms in total. The van der Waals surface area contributed by atoms with E-state index in [0.29, 0.717) is 12.5 Å². The van der Waals surface area contributed by atoms with Gasteiger partial charge in [0, 0.05) is 36.9 Å². The van der Waals surface area contributed by atoms with Crippen LogP contribution in [0.3, 0.4) is 0 Å². The van der Waals surface area contributed by atoms with Gasteiger partial charge in [-0.05, 0) is 61.1 Å². The van der Waals surface area contributed by atoms with Crippen LogP contribution in [0.5, 0.6) is 11.5 Å². The van der Waals surface area contributed by atoms with E-state index in [1.165, 1.54) is 11.1 Å². The summed E-state index contributed by atoms with van der Waals surface area (Å²) < 4.78 is 11.0. The highest BCUT2D eigenvalue weighted by Crippen LogP contribution is 2.47. The minimum absolute atomic E-state index is 0.120. The number of hydrogen-bond acceptors (Lipinski definition) is 5. The molecule has 5 heteroatoms. The molecular weight excluding hydrogens is 352 g/mol. The molecule has 0 spiro atoms. The minimum atomic E-state index is -0.742. The highest BCUT2D eigenvalue weighted by atomic mass is 16.5. The molecule has 2 aromatic rings. The monoisotopic (exact) mass is 382 g/mol. The summed E-state index contributed by atoms with van der Waals surface area (Å²) in [6, 6.07) is 10.6. The molecule has 0 radical (unpaired) electrons. The molecule has 0 bridgehead atoms. The van der Waals surface area contributed by atoms with E-state index in [0.717, 1.165) is 49.4 Å². The fraction of sp³-hybridized carbons (Fsp3) is 0.522. The van der Waals surface area contributed by atoms with Crippen LogP contribution in [0.4, 0.5) is 0 Å². The molecule has 1 fully saturated rings. The van der Waals surface area contributed by atoms with E-state index in [1.54, 1.807) is 14.2 Å². The summed E-state index contributed by atoms with van der Waals surface area (Å²) in [5.41, 5.74) is 2.88. The zero-order valence-corrected chi connectivity index (χ0v) is 17.0. The van der Waals surface area contributed by atoms with Crippen molar-refractivity contribution >= 4 is 0 Å². The Labute approximate surface area is 167 Å². The number of benzene rings is 1. The Balaban J connectivity index is 1.65. The highest BCUT2D eigenvalue weighted by molar-refractivity contribution is 5.49. The van der Waals surface area contributed by atoms with E-state index in [9.17, 15) is 5.11 Å². The van der Waals surface area contributed by atoms with Gasteiger partial charge in [-0.2, -0.15) is 0 Å². The molecule has 1 N–H and O–H groups in total. The van der Waals surface area contributed by atoms with Crippen molar-refractivity contribution in [2.24, 2.45) is 0 Å². The van der Waals surface area contributed by atoms with Crippen molar-refractivity contribution in [3.05, 3.63) is 53.3 Å². The Morgan fingerprint density at radius 3 is 2.68 bits per heavy atom. The number of methoxy groups -OCH3 is 2. The SMILES string of the molecule is CCC1N2CCc3cc(OC)c(OC)cc3C2CCC1(O)Cc1ccccn1. The van der Waals surface area contributed by atoms with Gasteiger partial charge in [-0.3, -0.25) is 9.88 Å². The zero-order valence-electron chi connectivity index (χ0n) is 17.0. The second kappa shape index (κ2) is 7.72. The first kappa shape index (κ1) is 19.2. The predicted molar refractivity (Wildman–Crippen MR) is 109 cm³/mol. The van der Waals surface area contributed by atoms with Crippen LogP contribution in [0.15, 0.2) is 36.5 Å². The van der Waals surface area contributed by atoms with Crippen LogP contribution >= 0.6 is 0 Å². The van der Waals surface area contributed by atoms with Crippen LogP contribution in [0.1, 0.15) is 49.0 Å². The van der Waals surface area contributed by atoms with E-state index in [2.05, 4.69) is 28.9 Å². The number of aromatic nitrogens is 1. The second-order valence-corrected chi connectivity index (χ2v) is 7.97. The Hall–Kier alpha value is -2.11. The van der Waals surface area contributed by atoms with Crippen LogP contribution in [0.25, 0.3) is 0 Å². The topological polar surface area (TPSA) is 54.8 Å². The number of nitrogens with zero attached hydrogens (tertiary/aromatic N) is 2. The van der Waals surface area contributed by atoms with Gasteiger partial charge in [0.2, 0.25) is 0 Å². The molecule has 1 aromatic carbocycles. The molecule has 3 atom stereocenters. The molecular formula is C23H30N2O3.